The topological polar surface area (TPSA) is 66.4 Å². The maximum absolute atomic E-state index is 11.2. The average molecular weight is 201 g/mol. The van der Waals surface area contributed by atoms with E-state index in [4.69, 9.17) is 5.11 Å². The summed E-state index contributed by atoms with van der Waals surface area (Å²) in [5, 5.41) is 11.2. The van der Waals surface area contributed by atoms with Gasteiger partial charge in [-0.25, -0.2) is 0 Å². The molecule has 0 aliphatic rings. The summed E-state index contributed by atoms with van der Waals surface area (Å²) in [7, 11) is 0. The van der Waals surface area contributed by atoms with Crippen LogP contribution in [0.4, 0.5) is 0 Å². The van der Waals surface area contributed by atoms with Gasteiger partial charge in [0.15, 0.2) is 0 Å². The van der Waals surface area contributed by atoms with E-state index >= 15 is 0 Å². The lowest BCUT2D eigenvalue weighted by Crippen LogP contribution is -2.34. The van der Waals surface area contributed by atoms with E-state index < -0.39 is 5.97 Å². The molecule has 0 fully saturated rings. The third kappa shape index (κ3) is 6.46. The van der Waals surface area contributed by atoms with Crippen LogP contribution in [0.5, 0.6) is 0 Å². The van der Waals surface area contributed by atoms with Crippen LogP contribution in [0.2, 0.25) is 0 Å². The van der Waals surface area contributed by atoms with Crippen molar-refractivity contribution in [3.8, 4) is 0 Å². The molecule has 0 rings (SSSR count). The Morgan fingerprint density at radius 2 is 1.93 bits per heavy atom. The quantitative estimate of drug-likeness (QED) is 0.656. The molecule has 0 aliphatic heterocycles. The summed E-state index contributed by atoms with van der Waals surface area (Å²) in [5.74, 6) is -1.09. The van der Waals surface area contributed by atoms with Gasteiger partial charge in [-0.3, -0.25) is 9.59 Å². The number of aliphatic carboxylic acids is 1. The van der Waals surface area contributed by atoms with Crippen molar-refractivity contribution in [2.75, 3.05) is 0 Å². The second-order valence-electron chi connectivity index (χ2n) is 3.36. The predicted octanol–water partition coefficient (Wildman–Crippen LogP) is 1.55. The van der Waals surface area contributed by atoms with Crippen molar-refractivity contribution >= 4 is 11.9 Å². The Labute approximate surface area is 84.7 Å². The van der Waals surface area contributed by atoms with E-state index in [9.17, 15) is 9.59 Å². The third-order valence-electron chi connectivity index (χ3n) is 2.06. The van der Waals surface area contributed by atoms with Crippen LogP contribution >= 0.6 is 0 Å². The maximum atomic E-state index is 11.2. The van der Waals surface area contributed by atoms with Crippen molar-refractivity contribution in [3.63, 3.8) is 0 Å². The largest absolute Gasteiger partial charge is 0.481 e. The van der Waals surface area contributed by atoms with Crippen LogP contribution in [0.1, 0.15) is 46.0 Å². The van der Waals surface area contributed by atoms with Crippen LogP contribution in [0.3, 0.4) is 0 Å². The summed E-state index contributed by atoms with van der Waals surface area (Å²) < 4.78 is 0. The van der Waals surface area contributed by atoms with E-state index in [0.29, 0.717) is 0 Å². The lowest BCUT2D eigenvalue weighted by molar-refractivity contribution is -0.138. The summed E-state index contributed by atoms with van der Waals surface area (Å²) in [6.07, 6.45) is 2.86. The molecule has 0 aromatic rings. The van der Waals surface area contributed by atoms with E-state index in [-0.39, 0.29) is 24.8 Å². The average Bonchev–Trinajstić information content (AvgIpc) is 2.14. The summed E-state index contributed by atoms with van der Waals surface area (Å²) in [4.78, 5) is 21.4. The highest BCUT2D eigenvalue weighted by Crippen LogP contribution is 2.01. The molecule has 0 heterocycles. The summed E-state index contributed by atoms with van der Waals surface area (Å²) in [6.45, 7) is 4.07. The van der Waals surface area contributed by atoms with Gasteiger partial charge in [0.1, 0.15) is 0 Å². The van der Waals surface area contributed by atoms with Gasteiger partial charge in [0, 0.05) is 12.5 Å². The van der Waals surface area contributed by atoms with Crippen molar-refractivity contribution in [3.05, 3.63) is 0 Å². The molecule has 0 aromatic carbocycles. The van der Waals surface area contributed by atoms with Crippen molar-refractivity contribution in [2.24, 2.45) is 0 Å². The molecular weight excluding hydrogens is 182 g/mol. The van der Waals surface area contributed by atoms with Crippen LogP contribution < -0.4 is 5.32 Å². The fraction of sp³-hybridized carbons (Fsp3) is 0.800. The van der Waals surface area contributed by atoms with Crippen molar-refractivity contribution in [1.29, 1.82) is 0 Å². The minimum absolute atomic E-state index is 0.0789. The molecule has 1 amide bonds. The molecular formula is C10H19NO3. The van der Waals surface area contributed by atoms with Crippen LogP contribution in [0.25, 0.3) is 0 Å². The fourth-order valence-electron chi connectivity index (χ4n) is 1.25. The normalized spacial score (nSPS) is 12.1. The molecule has 1 unspecified atom stereocenters. The Morgan fingerprint density at radius 3 is 2.36 bits per heavy atom. The minimum atomic E-state index is -0.927. The molecule has 0 bridgehead atoms. The first kappa shape index (κ1) is 12.9. The molecule has 1 atom stereocenters. The Kier molecular flexibility index (Phi) is 6.80. The number of hydrogen-bond acceptors (Lipinski definition) is 2. The number of carboxylic acid groups (broad SMARTS) is 1. The summed E-state index contributed by atoms with van der Waals surface area (Å²) in [5.41, 5.74) is 0. The summed E-state index contributed by atoms with van der Waals surface area (Å²) >= 11 is 0. The number of carboxylic acids is 1. The molecule has 0 saturated heterocycles. The number of rotatable bonds is 7. The molecule has 0 radical (unpaired) electrons. The van der Waals surface area contributed by atoms with Crippen molar-refractivity contribution in [1.82, 2.24) is 5.32 Å². The molecule has 82 valence electrons. The molecule has 0 aliphatic carbocycles. The highest BCUT2D eigenvalue weighted by atomic mass is 16.4. The second-order valence-corrected chi connectivity index (χ2v) is 3.36. The lowest BCUT2D eigenvalue weighted by atomic mass is 10.1. The zero-order chi connectivity index (χ0) is 11.0. The van der Waals surface area contributed by atoms with Crippen molar-refractivity contribution in [2.45, 2.75) is 52.0 Å². The van der Waals surface area contributed by atoms with Gasteiger partial charge < -0.3 is 10.4 Å². The first-order chi connectivity index (χ1) is 6.60. The number of amides is 1. The molecule has 4 heteroatoms. The Morgan fingerprint density at radius 1 is 1.29 bits per heavy atom. The maximum Gasteiger partial charge on any atom is 0.303 e. The van der Waals surface area contributed by atoms with Gasteiger partial charge in [-0.05, 0) is 12.8 Å². The molecule has 14 heavy (non-hydrogen) atoms. The number of hydrogen-bond donors (Lipinski definition) is 2. The van der Waals surface area contributed by atoms with Crippen LogP contribution in [0, 0.1) is 0 Å². The van der Waals surface area contributed by atoms with Gasteiger partial charge >= 0.3 is 5.97 Å². The number of carbonyl (C=O) groups is 2. The SMILES string of the molecule is CCCC(CC)NC(=O)CCC(=O)O. The second kappa shape index (κ2) is 7.35. The fourth-order valence-corrected chi connectivity index (χ4v) is 1.25. The van der Waals surface area contributed by atoms with Gasteiger partial charge in [0.05, 0.1) is 6.42 Å². The highest BCUT2D eigenvalue weighted by molar-refractivity contribution is 5.80. The smallest absolute Gasteiger partial charge is 0.303 e. The van der Waals surface area contributed by atoms with Crippen molar-refractivity contribution < 1.29 is 14.7 Å². The monoisotopic (exact) mass is 201 g/mol. The summed E-state index contributed by atoms with van der Waals surface area (Å²) in [6, 6.07) is 0.196. The highest BCUT2D eigenvalue weighted by Gasteiger charge is 2.10. The zero-order valence-corrected chi connectivity index (χ0v) is 8.88. The molecule has 0 saturated carbocycles. The standard InChI is InChI=1S/C10H19NO3/c1-3-5-8(4-2)11-9(12)6-7-10(13)14/h8H,3-7H2,1-2H3,(H,11,12)(H,13,14). The van der Waals surface area contributed by atoms with Gasteiger partial charge in [-0.15, -0.1) is 0 Å². The lowest BCUT2D eigenvalue weighted by Gasteiger charge is -2.15. The number of nitrogens with one attached hydrogen (secondary N) is 1. The van der Waals surface area contributed by atoms with Gasteiger partial charge in [0.25, 0.3) is 0 Å². The Hall–Kier alpha value is -1.06. The van der Waals surface area contributed by atoms with Crippen LogP contribution in [-0.4, -0.2) is 23.0 Å². The predicted molar refractivity (Wildman–Crippen MR) is 54.0 cm³/mol. The minimum Gasteiger partial charge on any atom is -0.481 e. The van der Waals surface area contributed by atoms with E-state index in [1.165, 1.54) is 0 Å². The van der Waals surface area contributed by atoms with E-state index in [0.717, 1.165) is 19.3 Å². The van der Waals surface area contributed by atoms with E-state index in [1.807, 2.05) is 6.92 Å². The van der Waals surface area contributed by atoms with Crippen LogP contribution in [0.15, 0.2) is 0 Å². The van der Waals surface area contributed by atoms with Crippen LogP contribution in [-0.2, 0) is 9.59 Å². The zero-order valence-electron chi connectivity index (χ0n) is 8.88. The van der Waals surface area contributed by atoms with E-state index in [2.05, 4.69) is 12.2 Å². The van der Waals surface area contributed by atoms with E-state index in [1.54, 1.807) is 0 Å². The molecule has 0 aromatic heterocycles. The number of carbonyl (C=O) groups excluding carboxylic acids is 1. The first-order valence-corrected chi connectivity index (χ1v) is 5.11. The first-order valence-electron chi connectivity index (χ1n) is 5.11. The van der Waals surface area contributed by atoms with Gasteiger partial charge in [-0.1, -0.05) is 20.3 Å². The third-order valence-corrected chi connectivity index (χ3v) is 2.06. The molecule has 0 spiro atoms. The molecule has 2 N–H and O–H groups in total. The van der Waals surface area contributed by atoms with Gasteiger partial charge in [0.2, 0.25) is 5.91 Å². The Balaban J connectivity index is 3.72. The molecule has 4 nitrogen and oxygen atoms in total. The Bertz CT molecular complexity index is 192. The van der Waals surface area contributed by atoms with Gasteiger partial charge in [-0.2, -0.15) is 0 Å².